The summed E-state index contributed by atoms with van der Waals surface area (Å²) in [5, 5.41) is 8.60. The van der Waals surface area contributed by atoms with E-state index in [4.69, 9.17) is 5.73 Å². The Morgan fingerprint density at radius 1 is 1.31 bits per heavy atom. The summed E-state index contributed by atoms with van der Waals surface area (Å²) in [5.41, 5.74) is 8.50. The van der Waals surface area contributed by atoms with Crippen molar-refractivity contribution in [3.63, 3.8) is 0 Å². The van der Waals surface area contributed by atoms with Crippen LogP contribution in [0.3, 0.4) is 0 Å². The summed E-state index contributed by atoms with van der Waals surface area (Å²) >= 11 is 0. The van der Waals surface area contributed by atoms with Crippen LogP contribution in [0.4, 0.5) is 11.9 Å². The van der Waals surface area contributed by atoms with E-state index in [2.05, 4.69) is 25.6 Å². The smallest absolute Gasteiger partial charge is 0.258 e. The lowest BCUT2D eigenvalue weighted by Gasteiger charge is -2.25. The lowest BCUT2D eigenvalue weighted by molar-refractivity contribution is 0.271. The van der Waals surface area contributed by atoms with Crippen molar-refractivity contribution < 1.29 is 0 Å². The third-order valence-electron chi connectivity index (χ3n) is 2.12. The molecule has 2 rings (SSSR count). The highest BCUT2D eigenvalue weighted by Gasteiger charge is 2.11. The largest absolute Gasteiger partial charge is 0.368 e. The van der Waals surface area contributed by atoms with E-state index in [0.29, 0.717) is 11.9 Å². The van der Waals surface area contributed by atoms with E-state index in [1.54, 1.807) is 0 Å². The maximum Gasteiger partial charge on any atom is 0.258 e. The minimum atomic E-state index is 0.347. The lowest BCUT2D eigenvalue weighted by atomic mass is 10.2. The topological polar surface area (TPSA) is 82.9 Å². The van der Waals surface area contributed by atoms with E-state index in [1.165, 1.54) is 19.3 Å². The monoisotopic (exact) mass is 182 g/mol. The fourth-order valence-electron chi connectivity index (χ4n) is 1.47. The van der Waals surface area contributed by atoms with Gasteiger partial charge in [0.2, 0.25) is 5.95 Å². The van der Waals surface area contributed by atoms with Crippen LogP contribution in [-0.2, 0) is 0 Å². The maximum atomic E-state index is 5.40. The number of aromatic amines is 1. The van der Waals surface area contributed by atoms with Gasteiger partial charge in [-0.2, -0.15) is 4.98 Å². The molecule has 0 aliphatic carbocycles. The van der Waals surface area contributed by atoms with Crippen LogP contribution in [0.25, 0.3) is 0 Å². The van der Waals surface area contributed by atoms with Gasteiger partial charge < -0.3 is 5.73 Å². The van der Waals surface area contributed by atoms with Crippen molar-refractivity contribution >= 4 is 11.9 Å². The Balaban J connectivity index is 1.89. The number of aromatic nitrogens is 3. The average molecular weight is 182 g/mol. The Hall–Kier alpha value is -1.30. The van der Waals surface area contributed by atoms with Crippen molar-refractivity contribution in [2.24, 2.45) is 0 Å². The number of nitrogens with zero attached hydrogens (tertiary/aromatic N) is 3. The van der Waals surface area contributed by atoms with Gasteiger partial charge in [0, 0.05) is 13.1 Å². The summed E-state index contributed by atoms with van der Waals surface area (Å²) in [6.45, 7) is 2.10. The van der Waals surface area contributed by atoms with Gasteiger partial charge in [0.05, 0.1) is 0 Å². The van der Waals surface area contributed by atoms with Gasteiger partial charge >= 0.3 is 0 Å². The molecule has 0 unspecified atom stereocenters. The van der Waals surface area contributed by atoms with Gasteiger partial charge in [-0.3, -0.25) is 5.43 Å². The standard InChI is InChI=1S/C7H14N6/c8-6-9-7(11-10-6)12-13-4-2-1-3-5-13/h1-5H2,(H4,8,9,10,11,12). The van der Waals surface area contributed by atoms with Gasteiger partial charge in [0.25, 0.3) is 5.95 Å². The number of piperidine rings is 1. The molecule has 1 aliphatic heterocycles. The molecule has 0 saturated carbocycles. The van der Waals surface area contributed by atoms with E-state index in [9.17, 15) is 0 Å². The first-order valence-electron chi connectivity index (χ1n) is 4.54. The molecule has 6 heteroatoms. The Morgan fingerprint density at radius 2 is 2.08 bits per heavy atom. The molecule has 1 aromatic rings. The highest BCUT2D eigenvalue weighted by atomic mass is 15.6. The minimum Gasteiger partial charge on any atom is -0.368 e. The van der Waals surface area contributed by atoms with Crippen LogP contribution in [-0.4, -0.2) is 33.3 Å². The SMILES string of the molecule is Nc1nc(NN2CCCCC2)n[nH]1. The summed E-state index contributed by atoms with van der Waals surface area (Å²) in [7, 11) is 0. The zero-order valence-corrected chi connectivity index (χ0v) is 7.45. The molecule has 1 fully saturated rings. The van der Waals surface area contributed by atoms with Gasteiger partial charge in [0.15, 0.2) is 0 Å². The first-order valence-corrected chi connectivity index (χ1v) is 4.54. The zero-order chi connectivity index (χ0) is 9.10. The molecule has 1 saturated heterocycles. The van der Waals surface area contributed by atoms with Crippen molar-refractivity contribution in [2.45, 2.75) is 19.3 Å². The van der Waals surface area contributed by atoms with Crippen LogP contribution in [0.2, 0.25) is 0 Å². The van der Waals surface area contributed by atoms with Crippen LogP contribution in [0.1, 0.15) is 19.3 Å². The molecule has 0 radical (unpaired) electrons. The molecule has 6 nitrogen and oxygen atoms in total. The summed E-state index contributed by atoms with van der Waals surface area (Å²) in [6.07, 6.45) is 3.77. The molecular weight excluding hydrogens is 168 g/mol. The molecule has 0 aromatic carbocycles. The van der Waals surface area contributed by atoms with E-state index >= 15 is 0 Å². The Morgan fingerprint density at radius 3 is 2.69 bits per heavy atom. The van der Waals surface area contributed by atoms with Crippen LogP contribution in [0, 0.1) is 0 Å². The number of hydrogen-bond donors (Lipinski definition) is 3. The first-order chi connectivity index (χ1) is 6.34. The quantitative estimate of drug-likeness (QED) is 0.608. The molecule has 4 N–H and O–H groups in total. The third-order valence-corrected chi connectivity index (χ3v) is 2.12. The van der Waals surface area contributed by atoms with Crippen molar-refractivity contribution in [1.29, 1.82) is 0 Å². The summed E-state index contributed by atoms with van der Waals surface area (Å²) in [4.78, 5) is 3.96. The first kappa shape index (κ1) is 8.31. The number of hydrogen-bond acceptors (Lipinski definition) is 5. The number of anilines is 2. The molecule has 0 bridgehead atoms. The van der Waals surface area contributed by atoms with Gasteiger partial charge in [-0.1, -0.05) is 6.42 Å². The molecule has 0 atom stereocenters. The normalized spacial score (nSPS) is 18.8. The Bertz CT molecular complexity index is 264. The summed E-state index contributed by atoms with van der Waals surface area (Å²) < 4.78 is 0. The van der Waals surface area contributed by atoms with Crippen LogP contribution in [0.15, 0.2) is 0 Å². The second-order valence-electron chi connectivity index (χ2n) is 3.20. The minimum absolute atomic E-state index is 0.347. The fraction of sp³-hybridized carbons (Fsp3) is 0.714. The maximum absolute atomic E-state index is 5.40. The van der Waals surface area contributed by atoms with Crippen molar-refractivity contribution in [2.75, 3.05) is 24.2 Å². The van der Waals surface area contributed by atoms with Crippen molar-refractivity contribution in [1.82, 2.24) is 20.2 Å². The second-order valence-corrected chi connectivity index (χ2v) is 3.20. The molecule has 0 amide bonds. The van der Waals surface area contributed by atoms with Gasteiger partial charge in [-0.15, -0.1) is 5.10 Å². The fourth-order valence-corrected chi connectivity index (χ4v) is 1.47. The predicted molar refractivity (Wildman–Crippen MR) is 49.8 cm³/mol. The van der Waals surface area contributed by atoms with Gasteiger partial charge in [0.1, 0.15) is 0 Å². The Labute approximate surface area is 76.5 Å². The lowest BCUT2D eigenvalue weighted by Crippen LogP contribution is -2.35. The molecular formula is C7H14N6. The van der Waals surface area contributed by atoms with E-state index in [1.807, 2.05) is 0 Å². The number of nitrogens with one attached hydrogen (secondary N) is 2. The number of nitrogens with two attached hydrogens (primary N) is 1. The number of rotatable bonds is 2. The Kier molecular flexibility index (Phi) is 2.31. The van der Waals surface area contributed by atoms with Crippen LogP contribution < -0.4 is 11.2 Å². The second kappa shape index (κ2) is 3.61. The molecule has 2 heterocycles. The van der Waals surface area contributed by atoms with Crippen LogP contribution >= 0.6 is 0 Å². The van der Waals surface area contributed by atoms with E-state index in [0.717, 1.165) is 13.1 Å². The molecule has 13 heavy (non-hydrogen) atoms. The summed E-state index contributed by atoms with van der Waals surface area (Å²) in [6, 6.07) is 0. The molecule has 1 aromatic heterocycles. The number of nitrogen functional groups attached to an aromatic ring is 1. The average Bonchev–Trinajstić information content (AvgIpc) is 2.53. The van der Waals surface area contributed by atoms with Gasteiger partial charge in [-0.05, 0) is 12.8 Å². The zero-order valence-electron chi connectivity index (χ0n) is 7.45. The highest BCUT2D eigenvalue weighted by Crippen LogP contribution is 2.09. The number of H-pyrrole nitrogens is 1. The van der Waals surface area contributed by atoms with Crippen molar-refractivity contribution in [3.05, 3.63) is 0 Å². The van der Waals surface area contributed by atoms with E-state index in [-0.39, 0.29) is 0 Å². The number of hydrazine groups is 1. The molecule has 72 valence electrons. The van der Waals surface area contributed by atoms with Crippen LogP contribution in [0.5, 0.6) is 0 Å². The van der Waals surface area contributed by atoms with E-state index < -0.39 is 0 Å². The third kappa shape index (κ3) is 2.09. The van der Waals surface area contributed by atoms with Gasteiger partial charge in [-0.25, -0.2) is 10.1 Å². The summed E-state index contributed by atoms with van der Waals surface area (Å²) in [5.74, 6) is 0.902. The highest BCUT2D eigenvalue weighted by molar-refractivity contribution is 5.28. The molecule has 0 spiro atoms. The van der Waals surface area contributed by atoms with Crippen molar-refractivity contribution in [3.8, 4) is 0 Å². The predicted octanol–water partition coefficient (Wildman–Crippen LogP) is 0.200. The molecule has 1 aliphatic rings.